The quantitative estimate of drug-likeness (QED) is 0.624. The van der Waals surface area contributed by atoms with E-state index in [0.29, 0.717) is 10.6 Å². The standard InChI is InChI=1S/C20H20ClFN2/c1-13-11-20(2,3)24(4)19-10-18(22)14(9-17(13)19)12-23-16-7-5-15(21)6-8-16/h5-12H,1-4H3. The van der Waals surface area contributed by atoms with Gasteiger partial charge in [-0.05, 0) is 62.7 Å². The highest BCUT2D eigenvalue weighted by Gasteiger charge is 2.29. The molecule has 0 amide bonds. The smallest absolute Gasteiger partial charge is 0.134 e. The van der Waals surface area contributed by atoms with Crippen LogP contribution in [0, 0.1) is 5.82 Å². The van der Waals surface area contributed by atoms with E-state index in [9.17, 15) is 4.39 Å². The van der Waals surface area contributed by atoms with Gasteiger partial charge in [0.1, 0.15) is 5.82 Å². The van der Waals surface area contributed by atoms with Crippen LogP contribution in [0.5, 0.6) is 0 Å². The first kappa shape index (κ1) is 16.7. The lowest BCUT2D eigenvalue weighted by molar-refractivity contribution is 0.589. The molecular formula is C20H20ClFN2. The third-order valence-electron chi connectivity index (χ3n) is 4.51. The summed E-state index contributed by atoms with van der Waals surface area (Å²) < 4.78 is 14.5. The summed E-state index contributed by atoms with van der Waals surface area (Å²) in [6.45, 7) is 6.30. The van der Waals surface area contributed by atoms with Crippen LogP contribution in [0.2, 0.25) is 5.02 Å². The van der Waals surface area contributed by atoms with Crippen LogP contribution in [0.25, 0.3) is 5.57 Å². The van der Waals surface area contributed by atoms with E-state index in [2.05, 4.69) is 36.7 Å². The fourth-order valence-corrected chi connectivity index (χ4v) is 3.08. The van der Waals surface area contributed by atoms with Crippen LogP contribution in [-0.4, -0.2) is 18.8 Å². The molecule has 0 bridgehead atoms. The number of hydrogen-bond acceptors (Lipinski definition) is 2. The van der Waals surface area contributed by atoms with Crippen molar-refractivity contribution >= 4 is 34.8 Å². The largest absolute Gasteiger partial charge is 0.365 e. The Labute approximate surface area is 147 Å². The highest BCUT2D eigenvalue weighted by atomic mass is 35.5. The van der Waals surface area contributed by atoms with Crippen LogP contribution >= 0.6 is 11.6 Å². The number of hydrogen-bond donors (Lipinski definition) is 0. The first-order valence-corrected chi connectivity index (χ1v) is 8.22. The molecule has 0 fully saturated rings. The zero-order valence-corrected chi connectivity index (χ0v) is 15.0. The number of allylic oxidation sites excluding steroid dienone is 1. The first-order chi connectivity index (χ1) is 11.3. The Morgan fingerprint density at radius 3 is 2.50 bits per heavy atom. The van der Waals surface area contributed by atoms with Gasteiger partial charge in [-0.15, -0.1) is 0 Å². The number of fused-ring (bicyclic) bond motifs is 1. The Bertz CT molecular complexity index is 835. The van der Waals surface area contributed by atoms with Gasteiger partial charge in [0.2, 0.25) is 0 Å². The van der Waals surface area contributed by atoms with Gasteiger partial charge in [-0.3, -0.25) is 4.99 Å². The number of aliphatic imine (C=N–C) groups is 1. The van der Waals surface area contributed by atoms with Crippen molar-refractivity contribution in [2.45, 2.75) is 26.3 Å². The fraction of sp³-hybridized carbons (Fsp3) is 0.250. The Kier molecular flexibility index (Phi) is 4.22. The minimum atomic E-state index is -0.274. The van der Waals surface area contributed by atoms with Gasteiger partial charge in [0, 0.05) is 35.1 Å². The summed E-state index contributed by atoms with van der Waals surface area (Å²) in [5, 5.41) is 0.653. The van der Waals surface area contributed by atoms with Crippen LogP contribution in [0.1, 0.15) is 31.9 Å². The monoisotopic (exact) mass is 342 g/mol. The zero-order valence-electron chi connectivity index (χ0n) is 14.3. The predicted molar refractivity (Wildman–Crippen MR) is 101 cm³/mol. The molecule has 24 heavy (non-hydrogen) atoms. The second-order valence-corrected chi connectivity index (χ2v) is 7.10. The van der Waals surface area contributed by atoms with E-state index in [1.807, 2.05) is 13.1 Å². The third kappa shape index (κ3) is 3.09. The Morgan fingerprint density at radius 2 is 1.83 bits per heavy atom. The average molecular weight is 343 g/mol. The molecule has 124 valence electrons. The third-order valence-corrected chi connectivity index (χ3v) is 4.77. The molecular weight excluding hydrogens is 323 g/mol. The molecule has 3 rings (SSSR count). The zero-order chi connectivity index (χ0) is 17.5. The molecule has 0 N–H and O–H groups in total. The number of anilines is 1. The van der Waals surface area contributed by atoms with E-state index in [0.717, 1.165) is 22.5 Å². The highest BCUT2D eigenvalue weighted by molar-refractivity contribution is 6.30. The molecule has 0 aromatic heterocycles. The van der Waals surface area contributed by atoms with E-state index < -0.39 is 0 Å². The van der Waals surface area contributed by atoms with E-state index in [-0.39, 0.29) is 11.4 Å². The molecule has 1 aliphatic rings. The van der Waals surface area contributed by atoms with E-state index in [1.165, 1.54) is 0 Å². The Morgan fingerprint density at radius 1 is 1.17 bits per heavy atom. The fourth-order valence-electron chi connectivity index (χ4n) is 2.96. The summed E-state index contributed by atoms with van der Waals surface area (Å²) in [6, 6.07) is 10.6. The first-order valence-electron chi connectivity index (χ1n) is 7.85. The van der Waals surface area contributed by atoms with Gasteiger partial charge in [0.15, 0.2) is 0 Å². The second kappa shape index (κ2) is 6.06. The van der Waals surface area contributed by atoms with Crippen molar-refractivity contribution in [3.63, 3.8) is 0 Å². The Hall–Kier alpha value is -2.13. The summed E-state index contributed by atoms with van der Waals surface area (Å²) in [5.41, 5.74) is 4.17. The summed E-state index contributed by atoms with van der Waals surface area (Å²) >= 11 is 5.86. The Balaban J connectivity index is 2.00. The molecule has 2 nitrogen and oxygen atoms in total. The number of likely N-dealkylation sites (N-methyl/N-ethyl adjacent to an activating group) is 1. The molecule has 0 saturated heterocycles. The van der Waals surface area contributed by atoms with Crippen LogP contribution in [-0.2, 0) is 0 Å². The molecule has 1 heterocycles. The van der Waals surface area contributed by atoms with Crippen molar-refractivity contribution in [1.82, 2.24) is 0 Å². The minimum Gasteiger partial charge on any atom is -0.365 e. The SMILES string of the molecule is CC1=CC(C)(C)N(C)c2cc(F)c(C=Nc3ccc(Cl)cc3)cc21. The van der Waals surface area contributed by atoms with Gasteiger partial charge in [-0.2, -0.15) is 0 Å². The lowest BCUT2D eigenvalue weighted by atomic mass is 9.88. The molecule has 0 radical (unpaired) electrons. The van der Waals surface area contributed by atoms with Crippen molar-refractivity contribution in [2.24, 2.45) is 4.99 Å². The molecule has 0 unspecified atom stereocenters. The maximum absolute atomic E-state index is 14.5. The summed E-state index contributed by atoms with van der Waals surface area (Å²) in [6.07, 6.45) is 3.76. The van der Waals surface area contributed by atoms with Gasteiger partial charge in [0.05, 0.1) is 11.2 Å². The van der Waals surface area contributed by atoms with Crippen molar-refractivity contribution in [3.05, 3.63) is 64.4 Å². The molecule has 0 spiro atoms. The molecule has 4 heteroatoms. The lowest BCUT2D eigenvalue weighted by Gasteiger charge is -2.40. The summed E-state index contributed by atoms with van der Waals surface area (Å²) in [4.78, 5) is 6.44. The molecule has 2 aromatic carbocycles. The van der Waals surface area contributed by atoms with E-state index in [4.69, 9.17) is 11.6 Å². The number of rotatable bonds is 2. The topological polar surface area (TPSA) is 15.6 Å². The van der Waals surface area contributed by atoms with Crippen molar-refractivity contribution in [2.75, 3.05) is 11.9 Å². The molecule has 0 saturated carbocycles. The van der Waals surface area contributed by atoms with Crippen LogP contribution in [0.15, 0.2) is 47.5 Å². The molecule has 1 aliphatic heterocycles. The predicted octanol–water partition coefficient (Wildman–Crippen LogP) is 5.86. The van der Waals surface area contributed by atoms with Gasteiger partial charge in [0.25, 0.3) is 0 Å². The maximum atomic E-state index is 14.5. The van der Waals surface area contributed by atoms with Crippen molar-refractivity contribution in [1.29, 1.82) is 0 Å². The molecule has 0 atom stereocenters. The van der Waals surface area contributed by atoms with E-state index in [1.54, 1.807) is 36.5 Å². The number of benzene rings is 2. The highest BCUT2D eigenvalue weighted by Crippen LogP contribution is 2.38. The maximum Gasteiger partial charge on any atom is 0.134 e. The number of nitrogens with zero attached hydrogens (tertiary/aromatic N) is 2. The minimum absolute atomic E-state index is 0.136. The van der Waals surface area contributed by atoms with E-state index >= 15 is 0 Å². The van der Waals surface area contributed by atoms with Crippen LogP contribution in [0.3, 0.4) is 0 Å². The lowest BCUT2D eigenvalue weighted by Crippen LogP contribution is -2.42. The molecule has 2 aromatic rings. The summed E-state index contributed by atoms with van der Waals surface area (Å²) in [7, 11) is 1.99. The second-order valence-electron chi connectivity index (χ2n) is 6.67. The molecule has 0 aliphatic carbocycles. The van der Waals surface area contributed by atoms with Crippen LogP contribution in [0.4, 0.5) is 15.8 Å². The van der Waals surface area contributed by atoms with Crippen molar-refractivity contribution < 1.29 is 4.39 Å². The summed E-state index contributed by atoms with van der Waals surface area (Å²) in [5.74, 6) is -0.274. The average Bonchev–Trinajstić information content (AvgIpc) is 2.52. The van der Waals surface area contributed by atoms with Crippen LogP contribution < -0.4 is 4.90 Å². The number of halogens is 2. The van der Waals surface area contributed by atoms with Gasteiger partial charge in [-0.25, -0.2) is 4.39 Å². The normalized spacial score (nSPS) is 16.2. The van der Waals surface area contributed by atoms with Gasteiger partial charge in [-0.1, -0.05) is 17.7 Å². The van der Waals surface area contributed by atoms with Gasteiger partial charge < -0.3 is 4.90 Å². The van der Waals surface area contributed by atoms with Crippen molar-refractivity contribution in [3.8, 4) is 0 Å². The van der Waals surface area contributed by atoms with Gasteiger partial charge >= 0.3 is 0 Å².